The van der Waals surface area contributed by atoms with Crippen LogP contribution in [0, 0.1) is 0 Å². The monoisotopic (exact) mass is 356 g/mol. The molecule has 0 heterocycles. The Balaban J connectivity index is -0.0000000369. The van der Waals surface area contributed by atoms with Gasteiger partial charge < -0.3 is 39.6 Å². The van der Waals surface area contributed by atoms with Crippen LogP contribution < -0.4 is 20.4 Å². The van der Waals surface area contributed by atoms with Crippen molar-refractivity contribution in [1.29, 1.82) is 0 Å². The van der Waals surface area contributed by atoms with Crippen LogP contribution in [0.1, 0.15) is 27.7 Å². The summed E-state index contributed by atoms with van der Waals surface area (Å²) in [7, 11) is 0. The molecular weight excluding hydrogens is 343 g/mol. The van der Waals surface area contributed by atoms with E-state index in [-0.39, 0.29) is 23.9 Å². The average molecular weight is 355 g/mol. The second kappa shape index (κ2) is 24.1. The second-order valence-electron chi connectivity index (χ2n) is 1.97. The van der Waals surface area contributed by atoms with Crippen LogP contribution in [-0.2, 0) is 19.2 Å². The van der Waals surface area contributed by atoms with Crippen LogP contribution >= 0.6 is 0 Å². The number of aliphatic carboxylic acids is 4. The third-order valence-electron chi connectivity index (χ3n) is 0. The van der Waals surface area contributed by atoms with Crippen LogP contribution in [0.2, 0.25) is 0 Å². The van der Waals surface area contributed by atoms with Crippen LogP contribution in [0.15, 0.2) is 0 Å². The molecule has 0 bridgehead atoms. The van der Waals surface area contributed by atoms with Crippen LogP contribution in [-0.4, -0.2) is 47.8 Å². The van der Waals surface area contributed by atoms with Crippen molar-refractivity contribution < 1.29 is 39.6 Å². The maximum atomic E-state index is 8.89. The number of hydrogen-bond donors (Lipinski definition) is 0. The molecule has 0 aromatic rings. The summed E-state index contributed by atoms with van der Waals surface area (Å²) in [6.45, 7) is 3.89. The number of carboxylic acid groups (broad SMARTS) is 4. The smallest absolute Gasteiger partial charge is 0.550 e. The quantitative estimate of drug-likeness (QED) is 0.389. The van der Waals surface area contributed by atoms with Gasteiger partial charge in [0.1, 0.15) is 0 Å². The summed E-state index contributed by atoms with van der Waals surface area (Å²) in [6, 6.07) is 0. The normalized spacial score (nSPS) is 5.88. The fourth-order valence-corrected chi connectivity index (χ4v) is 0. The molecule has 0 unspecified atom stereocenters. The van der Waals surface area contributed by atoms with E-state index in [0.29, 0.717) is 0 Å². The largest absolute Gasteiger partial charge is 4.00 e. The van der Waals surface area contributed by atoms with Crippen LogP contribution in [0.4, 0.5) is 0 Å². The third kappa shape index (κ3) is 1350. The zero-order valence-corrected chi connectivity index (χ0v) is 12.6. The molecule has 0 saturated heterocycles. The Kier molecular flexibility index (Phi) is 42.0. The molecule has 17 heavy (non-hydrogen) atoms. The summed E-state index contributed by atoms with van der Waals surface area (Å²) in [6.07, 6.45) is 0. The van der Waals surface area contributed by atoms with Gasteiger partial charge in [-0.1, -0.05) is 0 Å². The molecule has 0 amide bonds. The Labute approximate surface area is 115 Å². The van der Waals surface area contributed by atoms with Crippen molar-refractivity contribution in [3.05, 3.63) is 0 Å². The molecule has 0 radical (unpaired) electrons. The standard InChI is InChI=1S/4C2H4O2.Sn/c4*1-2(3)4;/h4*1H3,(H,3,4);/q;;;;+4/p-4. The molecule has 0 atom stereocenters. The maximum Gasteiger partial charge on any atom is 4.00 e. The van der Waals surface area contributed by atoms with Gasteiger partial charge in [0.25, 0.3) is 0 Å². The maximum absolute atomic E-state index is 8.89. The number of carbonyl (C=O) groups excluding carboxylic acids is 4. The zero-order chi connectivity index (χ0) is 14.3. The first-order valence-electron chi connectivity index (χ1n) is 3.63. The molecule has 0 spiro atoms. The molecule has 0 aromatic carbocycles. The van der Waals surface area contributed by atoms with Gasteiger partial charge in [0, 0.05) is 23.9 Å². The van der Waals surface area contributed by atoms with E-state index < -0.39 is 23.9 Å². The van der Waals surface area contributed by atoms with Crippen molar-refractivity contribution in [1.82, 2.24) is 0 Å². The van der Waals surface area contributed by atoms with Crippen molar-refractivity contribution >= 4 is 47.8 Å². The van der Waals surface area contributed by atoms with E-state index in [0.717, 1.165) is 27.7 Å². The summed E-state index contributed by atoms with van der Waals surface area (Å²) < 4.78 is 0. The molecular formula is C8H12O8Sn. The molecule has 0 saturated carbocycles. The van der Waals surface area contributed by atoms with Gasteiger partial charge in [0.15, 0.2) is 0 Å². The van der Waals surface area contributed by atoms with Crippen molar-refractivity contribution in [2.45, 2.75) is 27.7 Å². The Hall–Kier alpha value is -1.32. The van der Waals surface area contributed by atoms with Gasteiger partial charge >= 0.3 is 23.9 Å². The molecule has 96 valence electrons. The van der Waals surface area contributed by atoms with Gasteiger partial charge in [-0.2, -0.15) is 0 Å². The third-order valence-corrected chi connectivity index (χ3v) is 0. The topological polar surface area (TPSA) is 161 Å². The van der Waals surface area contributed by atoms with E-state index in [1.54, 1.807) is 0 Å². The van der Waals surface area contributed by atoms with E-state index in [4.69, 9.17) is 39.6 Å². The first-order valence-corrected chi connectivity index (χ1v) is 3.63. The Morgan fingerprint density at radius 3 is 0.529 bits per heavy atom. The molecule has 0 fully saturated rings. The van der Waals surface area contributed by atoms with E-state index in [9.17, 15) is 0 Å². The summed E-state index contributed by atoms with van der Waals surface area (Å²) in [5.74, 6) is -4.33. The molecule has 9 heteroatoms. The molecule has 0 N–H and O–H groups in total. The van der Waals surface area contributed by atoms with E-state index in [1.165, 1.54) is 0 Å². The SMILES string of the molecule is CC(=O)[O-].CC(=O)[O-].CC(=O)[O-].CC(=O)[O-].[Sn+4]. The summed E-state index contributed by atoms with van der Waals surface area (Å²) in [5.41, 5.74) is 0. The summed E-state index contributed by atoms with van der Waals surface area (Å²) in [4.78, 5) is 35.6. The number of carbonyl (C=O) groups is 4. The number of rotatable bonds is 0. The van der Waals surface area contributed by atoms with Crippen LogP contribution in [0.3, 0.4) is 0 Å². The predicted molar refractivity (Wildman–Crippen MR) is 48.5 cm³/mol. The molecule has 8 nitrogen and oxygen atoms in total. The van der Waals surface area contributed by atoms with Gasteiger partial charge in [-0.15, -0.1) is 0 Å². The van der Waals surface area contributed by atoms with E-state index in [2.05, 4.69) is 0 Å². The molecule has 0 aromatic heterocycles. The molecule has 0 aliphatic heterocycles. The van der Waals surface area contributed by atoms with Crippen molar-refractivity contribution in [2.24, 2.45) is 0 Å². The van der Waals surface area contributed by atoms with Gasteiger partial charge in [0.2, 0.25) is 0 Å². The first kappa shape index (κ1) is 29.6. The average Bonchev–Trinajstić information content (AvgIpc) is 1.76. The number of carboxylic acids is 4. The van der Waals surface area contributed by atoms with E-state index in [1.807, 2.05) is 0 Å². The minimum atomic E-state index is -1.08. The van der Waals surface area contributed by atoms with E-state index >= 15 is 0 Å². The van der Waals surface area contributed by atoms with Gasteiger partial charge in [-0.25, -0.2) is 0 Å². The Morgan fingerprint density at radius 2 is 0.529 bits per heavy atom. The summed E-state index contributed by atoms with van der Waals surface area (Å²) >= 11 is 0. The molecule has 0 aliphatic carbocycles. The number of hydrogen-bond acceptors (Lipinski definition) is 8. The Morgan fingerprint density at radius 1 is 0.529 bits per heavy atom. The first-order chi connectivity index (χ1) is 6.93. The molecule has 0 rings (SSSR count). The van der Waals surface area contributed by atoms with Crippen molar-refractivity contribution in [2.75, 3.05) is 0 Å². The van der Waals surface area contributed by atoms with Crippen molar-refractivity contribution in [3.8, 4) is 0 Å². The summed E-state index contributed by atoms with van der Waals surface area (Å²) in [5, 5.41) is 35.6. The predicted octanol–water partition coefficient (Wildman–Crippen LogP) is -5.36. The fraction of sp³-hybridized carbons (Fsp3) is 0.500. The Bertz CT molecular complexity index is 162. The molecule has 0 aliphatic rings. The van der Waals surface area contributed by atoms with Crippen LogP contribution in [0.25, 0.3) is 0 Å². The second-order valence-corrected chi connectivity index (χ2v) is 1.97. The minimum absolute atomic E-state index is 0. The van der Waals surface area contributed by atoms with Crippen LogP contribution in [0.5, 0.6) is 0 Å². The van der Waals surface area contributed by atoms with Gasteiger partial charge in [0.05, 0.1) is 0 Å². The fourth-order valence-electron chi connectivity index (χ4n) is 0. The minimum Gasteiger partial charge on any atom is -0.550 e. The van der Waals surface area contributed by atoms with Gasteiger partial charge in [-0.3, -0.25) is 0 Å². The van der Waals surface area contributed by atoms with Crippen molar-refractivity contribution in [3.63, 3.8) is 0 Å². The van der Waals surface area contributed by atoms with Gasteiger partial charge in [-0.05, 0) is 27.7 Å². The zero-order valence-electron chi connectivity index (χ0n) is 9.77.